The number of halogens is 1. The van der Waals surface area contributed by atoms with Crippen LogP contribution in [0.1, 0.15) is 26.7 Å². The smallest absolute Gasteiger partial charge is 0.264 e. The van der Waals surface area contributed by atoms with E-state index in [0.717, 1.165) is 29.2 Å². The van der Waals surface area contributed by atoms with Gasteiger partial charge in [-0.15, -0.1) is 11.3 Å². The van der Waals surface area contributed by atoms with Gasteiger partial charge in [0.15, 0.2) is 5.76 Å². The molecule has 0 bridgehead atoms. The zero-order valence-electron chi connectivity index (χ0n) is 15.9. The summed E-state index contributed by atoms with van der Waals surface area (Å²) >= 11 is 1.34. The van der Waals surface area contributed by atoms with Crippen molar-refractivity contribution in [3.8, 4) is 0 Å². The largest absolute Gasteiger partial charge is 0.380 e. The van der Waals surface area contributed by atoms with Crippen molar-refractivity contribution < 1.29 is 18.4 Å². The molecule has 0 spiro atoms. The van der Waals surface area contributed by atoms with Gasteiger partial charge in [0, 0.05) is 55.0 Å². The summed E-state index contributed by atoms with van der Waals surface area (Å²) in [5.41, 5.74) is 1.51. The lowest BCUT2D eigenvalue weighted by atomic mass is 10.1. The summed E-state index contributed by atoms with van der Waals surface area (Å²) < 4.78 is 25.7. The number of fused-ring (bicyclic) bond motifs is 1. The molecule has 1 aliphatic heterocycles. The summed E-state index contributed by atoms with van der Waals surface area (Å²) in [7, 11) is 1.56. The SMILES string of the molecule is COCc1c(C(=O)N2CCN(Cc3cc(C)no3)CC2)sc2cccc(F)c12. The van der Waals surface area contributed by atoms with Gasteiger partial charge in [-0.05, 0) is 19.1 Å². The summed E-state index contributed by atoms with van der Waals surface area (Å²) in [4.78, 5) is 17.8. The molecule has 0 atom stereocenters. The van der Waals surface area contributed by atoms with Gasteiger partial charge in [-0.3, -0.25) is 9.69 Å². The molecular formula is C20H22FN3O3S. The van der Waals surface area contributed by atoms with Gasteiger partial charge in [-0.1, -0.05) is 11.2 Å². The van der Waals surface area contributed by atoms with E-state index in [-0.39, 0.29) is 18.3 Å². The van der Waals surface area contributed by atoms with E-state index in [1.165, 1.54) is 17.4 Å². The van der Waals surface area contributed by atoms with E-state index in [1.807, 2.05) is 24.0 Å². The average Bonchev–Trinajstić information content (AvgIpc) is 3.26. The number of ether oxygens (including phenoxy) is 1. The van der Waals surface area contributed by atoms with Gasteiger partial charge in [0.1, 0.15) is 5.82 Å². The highest BCUT2D eigenvalue weighted by molar-refractivity contribution is 7.21. The molecule has 4 rings (SSSR count). The third-order valence-electron chi connectivity index (χ3n) is 4.96. The van der Waals surface area contributed by atoms with Crippen molar-refractivity contribution in [2.45, 2.75) is 20.1 Å². The minimum absolute atomic E-state index is 0.0530. The van der Waals surface area contributed by atoms with Crippen molar-refractivity contribution in [3.05, 3.63) is 52.0 Å². The first kappa shape index (κ1) is 19.0. The third kappa shape index (κ3) is 3.67. The predicted molar refractivity (Wildman–Crippen MR) is 105 cm³/mol. The van der Waals surface area contributed by atoms with Crippen molar-refractivity contribution >= 4 is 27.3 Å². The quantitative estimate of drug-likeness (QED) is 0.653. The maximum Gasteiger partial charge on any atom is 0.264 e. The fourth-order valence-electron chi connectivity index (χ4n) is 3.59. The van der Waals surface area contributed by atoms with Gasteiger partial charge in [0.2, 0.25) is 0 Å². The maximum atomic E-state index is 14.4. The monoisotopic (exact) mass is 403 g/mol. The van der Waals surface area contributed by atoms with Crippen LogP contribution in [0.25, 0.3) is 10.1 Å². The Kier molecular flexibility index (Phi) is 5.43. The van der Waals surface area contributed by atoms with E-state index in [1.54, 1.807) is 13.2 Å². The standard InChI is InChI=1S/C20H22FN3O3S/c1-13-10-14(27-22-13)11-23-6-8-24(9-7-23)20(25)19-15(12-26-2)18-16(21)4-3-5-17(18)28-19/h3-5,10H,6-9,11-12H2,1-2H3. The second-order valence-corrected chi connectivity index (χ2v) is 8.01. The first-order chi connectivity index (χ1) is 13.6. The van der Waals surface area contributed by atoms with Crippen LogP contribution in [0.5, 0.6) is 0 Å². The molecule has 6 nitrogen and oxygen atoms in total. The Morgan fingerprint density at radius 3 is 2.79 bits per heavy atom. The van der Waals surface area contributed by atoms with Crippen LogP contribution in [-0.4, -0.2) is 54.2 Å². The minimum atomic E-state index is -0.313. The summed E-state index contributed by atoms with van der Waals surface area (Å²) in [6.07, 6.45) is 0. The molecule has 1 amide bonds. The fourth-order valence-corrected chi connectivity index (χ4v) is 4.78. The van der Waals surface area contributed by atoms with E-state index in [9.17, 15) is 9.18 Å². The highest BCUT2D eigenvalue weighted by Gasteiger charge is 2.27. The van der Waals surface area contributed by atoms with Gasteiger partial charge in [-0.2, -0.15) is 0 Å². The highest BCUT2D eigenvalue weighted by atomic mass is 32.1. The normalized spacial score (nSPS) is 15.5. The van der Waals surface area contributed by atoms with Crippen LogP contribution in [0.3, 0.4) is 0 Å². The zero-order chi connectivity index (χ0) is 19.7. The Balaban J connectivity index is 1.49. The molecule has 0 saturated carbocycles. The number of nitrogens with zero attached hydrogens (tertiary/aromatic N) is 3. The Labute approximate surface area is 166 Å². The summed E-state index contributed by atoms with van der Waals surface area (Å²) in [6, 6.07) is 6.87. The average molecular weight is 403 g/mol. The second kappa shape index (κ2) is 7.98. The van der Waals surface area contributed by atoms with Gasteiger partial charge in [-0.25, -0.2) is 4.39 Å². The van der Waals surface area contributed by atoms with E-state index >= 15 is 0 Å². The first-order valence-electron chi connectivity index (χ1n) is 9.19. The molecule has 1 fully saturated rings. The number of piperazine rings is 1. The fraction of sp³-hybridized carbons (Fsp3) is 0.400. The first-order valence-corrected chi connectivity index (χ1v) is 10.0. The van der Waals surface area contributed by atoms with Crippen LogP contribution < -0.4 is 0 Å². The lowest BCUT2D eigenvalue weighted by molar-refractivity contribution is 0.0618. The van der Waals surface area contributed by atoms with Crippen molar-refractivity contribution in [2.75, 3.05) is 33.3 Å². The van der Waals surface area contributed by atoms with Crippen molar-refractivity contribution in [1.29, 1.82) is 0 Å². The highest BCUT2D eigenvalue weighted by Crippen LogP contribution is 2.34. The molecule has 28 heavy (non-hydrogen) atoms. The number of aryl methyl sites for hydroxylation is 1. The van der Waals surface area contributed by atoms with Gasteiger partial charge < -0.3 is 14.2 Å². The van der Waals surface area contributed by atoms with Gasteiger partial charge >= 0.3 is 0 Å². The molecule has 0 radical (unpaired) electrons. The van der Waals surface area contributed by atoms with Crippen molar-refractivity contribution in [3.63, 3.8) is 0 Å². The van der Waals surface area contributed by atoms with Crippen molar-refractivity contribution in [2.24, 2.45) is 0 Å². The number of benzene rings is 1. The molecule has 8 heteroatoms. The number of thiophene rings is 1. The molecule has 148 valence electrons. The third-order valence-corrected chi connectivity index (χ3v) is 6.15. The molecule has 0 unspecified atom stereocenters. The number of aromatic nitrogens is 1. The van der Waals surface area contributed by atoms with E-state index < -0.39 is 0 Å². The molecule has 3 aromatic rings. The van der Waals surface area contributed by atoms with Crippen LogP contribution in [0.4, 0.5) is 4.39 Å². The number of hydrogen-bond acceptors (Lipinski definition) is 6. The number of carbonyl (C=O) groups is 1. The minimum Gasteiger partial charge on any atom is -0.380 e. The number of carbonyl (C=O) groups excluding carboxylic acids is 1. The van der Waals surface area contributed by atoms with Crippen LogP contribution in [-0.2, 0) is 17.9 Å². The van der Waals surface area contributed by atoms with E-state index in [4.69, 9.17) is 9.26 Å². The molecule has 0 aliphatic carbocycles. The Hall–Kier alpha value is -2.29. The molecule has 2 aromatic heterocycles. The number of rotatable bonds is 5. The van der Waals surface area contributed by atoms with Gasteiger partial charge in [0.25, 0.3) is 5.91 Å². The van der Waals surface area contributed by atoms with Crippen LogP contribution in [0.15, 0.2) is 28.8 Å². The predicted octanol–water partition coefficient (Wildman–Crippen LogP) is 3.44. The Morgan fingerprint density at radius 2 is 2.11 bits per heavy atom. The summed E-state index contributed by atoms with van der Waals surface area (Å²) in [6.45, 7) is 5.55. The molecule has 1 saturated heterocycles. The Bertz CT molecular complexity index is 992. The lowest BCUT2D eigenvalue weighted by Gasteiger charge is -2.34. The van der Waals surface area contributed by atoms with Crippen LogP contribution >= 0.6 is 11.3 Å². The number of hydrogen-bond donors (Lipinski definition) is 0. The molecule has 3 heterocycles. The number of methoxy groups -OCH3 is 1. The lowest BCUT2D eigenvalue weighted by Crippen LogP contribution is -2.48. The van der Waals surface area contributed by atoms with Crippen molar-refractivity contribution in [1.82, 2.24) is 15.0 Å². The summed E-state index contributed by atoms with van der Waals surface area (Å²) in [5, 5.41) is 4.41. The second-order valence-electron chi connectivity index (χ2n) is 6.96. The van der Waals surface area contributed by atoms with Crippen LogP contribution in [0, 0.1) is 12.7 Å². The van der Waals surface area contributed by atoms with E-state index in [0.29, 0.717) is 35.5 Å². The van der Waals surface area contributed by atoms with Gasteiger partial charge in [0.05, 0.1) is 23.7 Å². The Morgan fingerprint density at radius 1 is 1.32 bits per heavy atom. The zero-order valence-corrected chi connectivity index (χ0v) is 16.7. The molecule has 1 aromatic carbocycles. The molecule has 0 N–H and O–H groups in total. The molecule has 1 aliphatic rings. The van der Waals surface area contributed by atoms with Crippen LogP contribution in [0.2, 0.25) is 0 Å². The number of amides is 1. The summed E-state index contributed by atoms with van der Waals surface area (Å²) in [5.74, 6) is 0.467. The molecular weight excluding hydrogens is 381 g/mol. The topological polar surface area (TPSA) is 58.8 Å². The van der Waals surface area contributed by atoms with E-state index in [2.05, 4.69) is 10.1 Å². The maximum absolute atomic E-state index is 14.4.